The Morgan fingerprint density at radius 2 is 2.29 bits per heavy atom. The number of nitrogens with one attached hydrogen (secondary N) is 1. The highest BCUT2D eigenvalue weighted by Crippen LogP contribution is 2.22. The molecule has 1 amide bonds. The summed E-state index contributed by atoms with van der Waals surface area (Å²) in [5.74, 6) is -0.242. The van der Waals surface area contributed by atoms with Crippen LogP contribution in [0, 0.1) is 0 Å². The lowest BCUT2D eigenvalue weighted by Crippen LogP contribution is -2.32. The van der Waals surface area contributed by atoms with E-state index in [0.717, 1.165) is 0 Å². The summed E-state index contributed by atoms with van der Waals surface area (Å²) in [5, 5.41) is 3.03. The SMILES string of the molecule is CCOC(C)CNC(=O)c1cccc(N)c1Cl. The lowest BCUT2D eigenvalue weighted by Gasteiger charge is -2.13. The zero-order valence-electron chi connectivity index (χ0n) is 10.00. The minimum absolute atomic E-state index is 0.0243. The summed E-state index contributed by atoms with van der Waals surface area (Å²) in [6.07, 6.45) is -0.0243. The van der Waals surface area contributed by atoms with Gasteiger partial charge in [0.2, 0.25) is 0 Å². The molecule has 1 atom stereocenters. The number of hydrogen-bond donors (Lipinski definition) is 2. The molecule has 0 aliphatic carbocycles. The molecular formula is C12H17ClN2O2. The normalized spacial score (nSPS) is 12.2. The van der Waals surface area contributed by atoms with Gasteiger partial charge in [0.25, 0.3) is 5.91 Å². The van der Waals surface area contributed by atoms with Crippen molar-refractivity contribution < 1.29 is 9.53 Å². The van der Waals surface area contributed by atoms with E-state index in [-0.39, 0.29) is 17.0 Å². The van der Waals surface area contributed by atoms with E-state index in [4.69, 9.17) is 22.1 Å². The second kappa shape index (κ2) is 6.47. The topological polar surface area (TPSA) is 64.3 Å². The van der Waals surface area contributed by atoms with Crippen LogP contribution in [-0.2, 0) is 4.74 Å². The third-order valence-electron chi connectivity index (χ3n) is 2.27. The molecule has 0 fully saturated rings. The molecule has 0 bridgehead atoms. The van der Waals surface area contributed by atoms with E-state index in [1.165, 1.54) is 0 Å². The number of ether oxygens (including phenoxy) is 1. The maximum atomic E-state index is 11.8. The van der Waals surface area contributed by atoms with Crippen LogP contribution < -0.4 is 11.1 Å². The van der Waals surface area contributed by atoms with Crippen molar-refractivity contribution in [3.8, 4) is 0 Å². The zero-order valence-corrected chi connectivity index (χ0v) is 10.8. The van der Waals surface area contributed by atoms with Crippen molar-refractivity contribution in [2.75, 3.05) is 18.9 Å². The molecular weight excluding hydrogens is 240 g/mol. The van der Waals surface area contributed by atoms with Gasteiger partial charge in [-0.05, 0) is 26.0 Å². The first-order chi connectivity index (χ1) is 8.06. The average Bonchev–Trinajstić information content (AvgIpc) is 2.30. The van der Waals surface area contributed by atoms with Gasteiger partial charge in [-0.2, -0.15) is 0 Å². The van der Waals surface area contributed by atoms with Crippen LogP contribution in [0.4, 0.5) is 5.69 Å². The largest absolute Gasteiger partial charge is 0.398 e. The van der Waals surface area contributed by atoms with Crippen LogP contribution in [0.25, 0.3) is 0 Å². The fourth-order valence-corrected chi connectivity index (χ4v) is 1.61. The van der Waals surface area contributed by atoms with Crippen molar-refractivity contribution in [2.24, 2.45) is 0 Å². The number of nitrogen functional groups attached to an aromatic ring is 1. The summed E-state index contributed by atoms with van der Waals surface area (Å²) in [4.78, 5) is 11.8. The van der Waals surface area contributed by atoms with Crippen LogP contribution >= 0.6 is 11.6 Å². The number of carbonyl (C=O) groups excluding carboxylic acids is 1. The second-order valence-corrected chi connectivity index (χ2v) is 4.06. The standard InChI is InChI=1S/C12H17ClN2O2/c1-3-17-8(2)7-15-12(16)9-5-4-6-10(14)11(9)13/h4-6,8H,3,7,14H2,1-2H3,(H,15,16). The Kier molecular flexibility index (Phi) is 5.25. The first-order valence-corrected chi connectivity index (χ1v) is 5.87. The first-order valence-electron chi connectivity index (χ1n) is 5.50. The third kappa shape index (κ3) is 3.91. The van der Waals surface area contributed by atoms with E-state index >= 15 is 0 Å². The minimum Gasteiger partial charge on any atom is -0.398 e. The van der Waals surface area contributed by atoms with Crippen molar-refractivity contribution in [2.45, 2.75) is 20.0 Å². The van der Waals surface area contributed by atoms with Crippen LogP contribution in [0.2, 0.25) is 5.02 Å². The van der Waals surface area contributed by atoms with Gasteiger partial charge in [-0.25, -0.2) is 0 Å². The van der Waals surface area contributed by atoms with Crippen molar-refractivity contribution in [1.82, 2.24) is 5.32 Å². The van der Waals surface area contributed by atoms with E-state index in [2.05, 4.69) is 5.32 Å². The number of rotatable bonds is 5. The molecule has 1 unspecified atom stereocenters. The van der Waals surface area contributed by atoms with Crippen LogP contribution in [0.3, 0.4) is 0 Å². The highest BCUT2D eigenvalue weighted by molar-refractivity contribution is 6.36. The van der Waals surface area contributed by atoms with Crippen LogP contribution in [-0.4, -0.2) is 25.2 Å². The fourth-order valence-electron chi connectivity index (χ4n) is 1.40. The Morgan fingerprint density at radius 3 is 2.94 bits per heavy atom. The van der Waals surface area contributed by atoms with Gasteiger partial charge in [-0.1, -0.05) is 17.7 Å². The third-order valence-corrected chi connectivity index (χ3v) is 2.70. The van der Waals surface area contributed by atoms with Gasteiger partial charge in [0, 0.05) is 13.2 Å². The van der Waals surface area contributed by atoms with Gasteiger partial charge < -0.3 is 15.8 Å². The molecule has 0 spiro atoms. The molecule has 17 heavy (non-hydrogen) atoms. The van der Waals surface area contributed by atoms with Gasteiger partial charge in [-0.15, -0.1) is 0 Å². The van der Waals surface area contributed by atoms with Crippen molar-refractivity contribution in [3.63, 3.8) is 0 Å². The summed E-state index contributed by atoms with van der Waals surface area (Å²) >= 11 is 5.95. The maximum absolute atomic E-state index is 11.8. The molecule has 94 valence electrons. The fraction of sp³-hybridized carbons (Fsp3) is 0.417. The van der Waals surface area contributed by atoms with E-state index in [9.17, 15) is 4.79 Å². The molecule has 5 heteroatoms. The van der Waals surface area contributed by atoms with Crippen LogP contribution in [0.15, 0.2) is 18.2 Å². The van der Waals surface area contributed by atoms with E-state index in [1.807, 2.05) is 13.8 Å². The molecule has 4 nitrogen and oxygen atoms in total. The number of nitrogens with two attached hydrogens (primary N) is 1. The van der Waals surface area contributed by atoms with Crippen LogP contribution in [0.5, 0.6) is 0 Å². The molecule has 0 saturated heterocycles. The Labute approximate surface area is 106 Å². The summed E-state index contributed by atoms with van der Waals surface area (Å²) in [7, 11) is 0. The summed E-state index contributed by atoms with van der Waals surface area (Å²) < 4.78 is 5.31. The maximum Gasteiger partial charge on any atom is 0.252 e. The number of carbonyl (C=O) groups is 1. The predicted molar refractivity (Wildman–Crippen MR) is 69.3 cm³/mol. The Morgan fingerprint density at radius 1 is 1.59 bits per heavy atom. The van der Waals surface area contributed by atoms with Crippen LogP contribution in [0.1, 0.15) is 24.2 Å². The number of benzene rings is 1. The van der Waals surface area contributed by atoms with Gasteiger partial charge >= 0.3 is 0 Å². The Hall–Kier alpha value is -1.26. The second-order valence-electron chi connectivity index (χ2n) is 3.68. The summed E-state index contributed by atoms with van der Waals surface area (Å²) in [5.41, 5.74) is 6.41. The number of halogens is 1. The monoisotopic (exact) mass is 256 g/mol. The Balaban J connectivity index is 2.61. The average molecular weight is 257 g/mol. The molecule has 0 saturated carbocycles. The molecule has 0 radical (unpaired) electrons. The number of anilines is 1. The highest BCUT2D eigenvalue weighted by Gasteiger charge is 2.12. The number of hydrogen-bond acceptors (Lipinski definition) is 3. The zero-order chi connectivity index (χ0) is 12.8. The summed E-state index contributed by atoms with van der Waals surface area (Å²) in [6, 6.07) is 4.99. The predicted octanol–water partition coefficient (Wildman–Crippen LogP) is 2.08. The molecule has 1 aromatic carbocycles. The van der Waals surface area contributed by atoms with Crippen molar-refractivity contribution in [1.29, 1.82) is 0 Å². The molecule has 1 aromatic rings. The molecule has 0 aliphatic rings. The Bertz CT molecular complexity index is 396. The van der Waals surface area contributed by atoms with E-state index in [1.54, 1.807) is 18.2 Å². The molecule has 0 heterocycles. The number of amides is 1. The highest BCUT2D eigenvalue weighted by atomic mass is 35.5. The van der Waals surface area contributed by atoms with E-state index < -0.39 is 0 Å². The molecule has 3 N–H and O–H groups in total. The summed E-state index contributed by atoms with van der Waals surface area (Å²) in [6.45, 7) is 4.87. The lowest BCUT2D eigenvalue weighted by molar-refractivity contribution is 0.0695. The van der Waals surface area contributed by atoms with Crippen molar-refractivity contribution in [3.05, 3.63) is 28.8 Å². The molecule has 1 rings (SSSR count). The quantitative estimate of drug-likeness (QED) is 0.793. The molecule has 0 aromatic heterocycles. The van der Waals surface area contributed by atoms with Gasteiger partial charge in [0.1, 0.15) is 0 Å². The molecule has 0 aliphatic heterocycles. The van der Waals surface area contributed by atoms with Crippen molar-refractivity contribution >= 4 is 23.2 Å². The lowest BCUT2D eigenvalue weighted by atomic mass is 10.2. The van der Waals surface area contributed by atoms with Gasteiger partial charge in [-0.3, -0.25) is 4.79 Å². The smallest absolute Gasteiger partial charge is 0.252 e. The van der Waals surface area contributed by atoms with E-state index in [0.29, 0.717) is 24.4 Å². The van der Waals surface area contributed by atoms with Gasteiger partial charge in [0.05, 0.1) is 22.4 Å². The van der Waals surface area contributed by atoms with Gasteiger partial charge in [0.15, 0.2) is 0 Å². The minimum atomic E-state index is -0.242. The first kappa shape index (κ1) is 13.8.